The molecule has 0 bridgehead atoms. The summed E-state index contributed by atoms with van der Waals surface area (Å²) in [5, 5.41) is 6.87. The van der Waals surface area contributed by atoms with Crippen LogP contribution < -0.4 is 10.6 Å². The number of hydrogen-bond donors (Lipinski definition) is 2. The van der Waals surface area contributed by atoms with E-state index in [0.717, 1.165) is 38.0 Å². The van der Waals surface area contributed by atoms with Crippen molar-refractivity contribution >= 4 is 29.9 Å². The molecule has 0 aromatic rings. The van der Waals surface area contributed by atoms with Crippen LogP contribution in [0.3, 0.4) is 0 Å². The molecule has 0 radical (unpaired) electrons. The molecule has 0 aliphatic heterocycles. The Bertz CT molecular complexity index is 241. The SMILES string of the molecule is CCNC(=NCCCOC)NC1CCC(C)CC1.I. The van der Waals surface area contributed by atoms with Crippen LogP contribution in [0.15, 0.2) is 4.99 Å². The van der Waals surface area contributed by atoms with Crippen LogP contribution in [0.5, 0.6) is 0 Å². The lowest BCUT2D eigenvalue weighted by Crippen LogP contribution is -2.44. The van der Waals surface area contributed by atoms with Gasteiger partial charge in [0.05, 0.1) is 0 Å². The van der Waals surface area contributed by atoms with Gasteiger partial charge in [0.15, 0.2) is 5.96 Å². The van der Waals surface area contributed by atoms with Crippen molar-refractivity contribution in [1.82, 2.24) is 10.6 Å². The fourth-order valence-electron chi connectivity index (χ4n) is 2.32. The maximum atomic E-state index is 5.04. The normalized spacial score (nSPS) is 23.6. The maximum absolute atomic E-state index is 5.04. The first-order valence-corrected chi connectivity index (χ1v) is 7.30. The highest BCUT2D eigenvalue weighted by atomic mass is 127. The third-order valence-electron chi connectivity index (χ3n) is 3.48. The smallest absolute Gasteiger partial charge is 0.191 e. The fraction of sp³-hybridized carbons (Fsp3) is 0.929. The van der Waals surface area contributed by atoms with Crippen LogP contribution in [0, 0.1) is 5.92 Å². The van der Waals surface area contributed by atoms with Crippen molar-refractivity contribution in [3.8, 4) is 0 Å². The number of halogens is 1. The van der Waals surface area contributed by atoms with Crippen molar-refractivity contribution in [2.45, 2.75) is 52.0 Å². The molecule has 4 nitrogen and oxygen atoms in total. The predicted molar refractivity (Wildman–Crippen MR) is 92.4 cm³/mol. The van der Waals surface area contributed by atoms with Gasteiger partial charge in [0.1, 0.15) is 0 Å². The second kappa shape index (κ2) is 11.8. The number of nitrogens with one attached hydrogen (secondary N) is 2. The van der Waals surface area contributed by atoms with Crippen LogP contribution in [0.1, 0.15) is 46.0 Å². The predicted octanol–water partition coefficient (Wildman–Crippen LogP) is 2.77. The standard InChI is InChI=1S/C14H29N3O.HI/c1-4-15-14(16-10-5-11-18-3)17-13-8-6-12(2)7-9-13;/h12-13H,4-11H2,1-3H3,(H2,15,16,17);1H. The summed E-state index contributed by atoms with van der Waals surface area (Å²) < 4.78 is 5.04. The molecule has 0 atom stereocenters. The van der Waals surface area contributed by atoms with E-state index < -0.39 is 0 Å². The molecule has 2 N–H and O–H groups in total. The molecule has 0 amide bonds. The third kappa shape index (κ3) is 8.68. The molecule has 1 rings (SSSR count). The quantitative estimate of drug-likeness (QED) is 0.321. The minimum absolute atomic E-state index is 0. The largest absolute Gasteiger partial charge is 0.385 e. The zero-order chi connectivity index (χ0) is 13.2. The van der Waals surface area contributed by atoms with E-state index >= 15 is 0 Å². The van der Waals surface area contributed by atoms with Crippen molar-refractivity contribution in [1.29, 1.82) is 0 Å². The Morgan fingerprint density at radius 1 is 1.26 bits per heavy atom. The molecule has 0 aromatic carbocycles. The van der Waals surface area contributed by atoms with E-state index in [0.29, 0.717) is 6.04 Å². The Labute approximate surface area is 135 Å². The summed E-state index contributed by atoms with van der Waals surface area (Å²) in [5.74, 6) is 1.86. The summed E-state index contributed by atoms with van der Waals surface area (Å²) in [4.78, 5) is 4.58. The van der Waals surface area contributed by atoms with Gasteiger partial charge in [0, 0.05) is 32.8 Å². The van der Waals surface area contributed by atoms with E-state index in [4.69, 9.17) is 4.74 Å². The molecule has 0 heterocycles. The van der Waals surface area contributed by atoms with E-state index in [1.165, 1.54) is 25.7 Å². The first kappa shape index (κ1) is 19.0. The highest BCUT2D eigenvalue weighted by Gasteiger charge is 2.18. The summed E-state index contributed by atoms with van der Waals surface area (Å²) in [6.07, 6.45) is 6.18. The zero-order valence-electron chi connectivity index (χ0n) is 12.6. The molecule has 1 fully saturated rings. The van der Waals surface area contributed by atoms with Gasteiger partial charge in [-0.15, -0.1) is 24.0 Å². The van der Waals surface area contributed by atoms with E-state index in [-0.39, 0.29) is 24.0 Å². The van der Waals surface area contributed by atoms with Crippen LogP contribution in [0.25, 0.3) is 0 Å². The summed E-state index contributed by atoms with van der Waals surface area (Å²) in [6.45, 7) is 6.98. The third-order valence-corrected chi connectivity index (χ3v) is 3.48. The first-order chi connectivity index (χ1) is 8.76. The number of ether oxygens (including phenoxy) is 1. The zero-order valence-corrected chi connectivity index (χ0v) is 14.9. The van der Waals surface area contributed by atoms with Crippen LogP contribution in [0.4, 0.5) is 0 Å². The second-order valence-electron chi connectivity index (χ2n) is 5.21. The van der Waals surface area contributed by atoms with Gasteiger partial charge in [-0.05, 0) is 44.9 Å². The van der Waals surface area contributed by atoms with E-state index in [9.17, 15) is 0 Å². The molecule has 1 aliphatic carbocycles. The number of guanidine groups is 1. The Kier molecular flexibility index (Phi) is 11.7. The van der Waals surface area contributed by atoms with Gasteiger partial charge in [0.25, 0.3) is 0 Å². The van der Waals surface area contributed by atoms with Crippen LogP contribution in [-0.4, -0.2) is 38.8 Å². The first-order valence-electron chi connectivity index (χ1n) is 7.30. The van der Waals surface area contributed by atoms with Crippen molar-refractivity contribution in [2.75, 3.05) is 26.8 Å². The van der Waals surface area contributed by atoms with Crippen molar-refractivity contribution < 1.29 is 4.74 Å². The number of methoxy groups -OCH3 is 1. The molecule has 5 heteroatoms. The molecule has 114 valence electrons. The Hall–Kier alpha value is -0.0400. The molecule has 0 saturated heterocycles. The fourth-order valence-corrected chi connectivity index (χ4v) is 2.32. The molecule has 19 heavy (non-hydrogen) atoms. The van der Waals surface area contributed by atoms with Crippen molar-refractivity contribution in [3.05, 3.63) is 0 Å². The van der Waals surface area contributed by atoms with E-state index in [2.05, 4.69) is 29.5 Å². The minimum Gasteiger partial charge on any atom is -0.385 e. The maximum Gasteiger partial charge on any atom is 0.191 e. The number of aliphatic imine (C=N–C) groups is 1. The van der Waals surface area contributed by atoms with Crippen LogP contribution >= 0.6 is 24.0 Å². The minimum atomic E-state index is 0. The summed E-state index contributed by atoms with van der Waals surface area (Å²) in [5.41, 5.74) is 0. The molecule has 0 spiro atoms. The Morgan fingerprint density at radius 2 is 1.95 bits per heavy atom. The lowest BCUT2D eigenvalue weighted by Gasteiger charge is -2.28. The lowest BCUT2D eigenvalue weighted by molar-refractivity contribution is 0.197. The monoisotopic (exact) mass is 383 g/mol. The van der Waals surface area contributed by atoms with Gasteiger partial charge in [-0.3, -0.25) is 4.99 Å². The number of hydrogen-bond acceptors (Lipinski definition) is 2. The Morgan fingerprint density at radius 3 is 2.53 bits per heavy atom. The van der Waals surface area contributed by atoms with E-state index in [1.54, 1.807) is 7.11 Å². The number of rotatable bonds is 6. The second-order valence-corrected chi connectivity index (χ2v) is 5.21. The van der Waals surface area contributed by atoms with Gasteiger partial charge < -0.3 is 15.4 Å². The molecule has 0 unspecified atom stereocenters. The van der Waals surface area contributed by atoms with E-state index in [1.807, 2.05) is 0 Å². The lowest BCUT2D eigenvalue weighted by atomic mass is 9.87. The van der Waals surface area contributed by atoms with Gasteiger partial charge >= 0.3 is 0 Å². The Balaban J connectivity index is 0.00000324. The van der Waals surface area contributed by atoms with Crippen LogP contribution in [-0.2, 0) is 4.74 Å². The van der Waals surface area contributed by atoms with Crippen molar-refractivity contribution in [3.63, 3.8) is 0 Å². The highest BCUT2D eigenvalue weighted by molar-refractivity contribution is 14.0. The molecular weight excluding hydrogens is 353 g/mol. The van der Waals surface area contributed by atoms with Gasteiger partial charge in [-0.25, -0.2) is 0 Å². The molecule has 1 saturated carbocycles. The molecular formula is C14H30IN3O. The highest BCUT2D eigenvalue weighted by Crippen LogP contribution is 2.23. The molecule has 0 aromatic heterocycles. The van der Waals surface area contributed by atoms with Crippen LogP contribution in [0.2, 0.25) is 0 Å². The number of nitrogens with zero attached hydrogens (tertiary/aromatic N) is 1. The van der Waals surface area contributed by atoms with Gasteiger partial charge in [-0.2, -0.15) is 0 Å². The molecule has 1 aliphatic rings. The van der Waals surface area contributed by atoms with Gasteiger partial charge in [-0.1, -0.05) is 6.92 Å². The van der Waals surface area contributed by atoms with Gasteiger partial charge in [0.2, 0.25) is 0 Å². The summed E-state index contributed by atoms with van der Waals surface area (Å²) in [7, 11) is 1.73. The van der Waals surface area contributed by atoms with Crippen molar-refractivity contribution in [2.24, 2.45) is 10.9 Å². The summed E-state index contributed by atoms with van der Waals surface area (Å²) in [6, 6.07) is 0.599. The average molecular weight is 383 g/mol. The topological polar surface area (TPSA) is 45.7 Å². The summed E-state index contributed by atoms with van der Waals surface area (Å²) >= 11 is 0. The average Bonchev–Trinajstić information content (AvgIpc) is 2.37.